The van der Waals surface area contributed by atoms with Gasteiger partial charge in [0.05, 0.1) is 42.4 Å². The Morgan fingerprint density at radius 1 is 0.945 bits per heavy atom. The van der Waals surface area contributed by atoms with Crippen LogP contribution in [0.15, 0.2) is 65.9 Å². The van der Waals surface area contributed by atoms with Crippen LogP contribution in [0.5, 0.6) is 11.5 Å². The molecule has 2 aliphatic heterocycles. The molecule has 1 atom stereocenters. The lowest BCUT2D eigenvalue weighted by molar-refractivity contribution is -0.116. The van der Waals surface area contributed by atoms with Gasteiger partial charge < -0.3 is 34.6 Å². The molecule has 0 spiro atoms. The molecule has 13 nitrogen and oxygen atoms in total. The molecule has 6 rings (SSSR count). The number of unbranched alkanes of at least 4 members (excludes halogenated alkanes) is 1. The van der Waals surface area contributed by atoms with Crippen LogP contribution in [-0.2, 0) is 25.3 Å². The topological polar surface area (TPSA) is 148 Å². The number of aryl methyl sites for hydroxylation is 2. The number of hydrogen-bond donors (Lipinski definition) is 3. The van der Waals surface area contributed by atoms with Gasteiger partial charge in [0.15, 0.2) is 11.5 Å². The first-order chi connectivity index (χ1) is 26.4. The maximum absolute atomic E-state index is 13.7. The number of rotatable bonds is 16. The van der Waals surface area contributed by atoms with Gasteiger partial charge in [-0.2, -0.15) is 0 Å². The van der Waals surface area contributed by atoms with Crippen LogP contribution in [0.2, 0.25) is 0 Å². The van der Waals surface area contributed by atoms with Crippen molar-refractivity contribution >= 4 is 74.2 Å². The third-order valence-electron chi connectivity index (χ3n) is 9.52. The summed E-state index contributed by atoms with van der Waals surface area (Å²) in [4.78, 5) is 58.9. The first-order valence-electron chi connectivity index (χ1n) is 18.1. The minimum atomic E-state index is -0.367. The maximum atomic E-state index is 13.7. The summed E-state index contributed by atoms with van der Waals surface area (Å²) in [5.41, 5.74) is 4.78. The predicted octanol–water partition coefficient (Wildman–Crippen LogP) is 7.01. The van der Waals surface area contributed by atoms with Gasteiger partial charge >= 0.3 is 0 Å². The van der Waals surface area contributed by atoms with E-state index in [9.17, 15) is 19.2 Å². The van der Waals surface area contributed by atoms with Crippen LogP contribution in [0.1, 0.15) is 76.4 Å². The molecule has 55 heavy (non-hydrogen) atoms. The van der Waals surface area contributed by atoms with E-state index < -0.39 is 0 Å². The number of para-hydroxylation sites is 1. The number of nitrogens with one attached hydrogen (secondary N) is 3. The largest absolute Gasteiger partial charge is 0.493 e. The fourth-order valence-corrected chi connectivity index (χ4v) is 8.95. The predicted molar refractivity (Wildman–Crippen MR) is 221 cm³/mol. The summed E-state index contributed by atoms with van der Waals surface area (Å²) in [6.07, 6.45) is 10.3. The van der Waals surface area contributed by atoms with Crippen molar-refractivity contribution in [2.24, 2.45) is 19.1 Å². The number of nitrogens with zero attached hydrogens (tertiary/aromatic N) is 4. The number of aromatic nitrogens is 2. The fraction of sp³-hybridized carbons (Fsp3) is 0.375. The monoisotopic (exact) mass is 785 g/mol. The summed E-state index contributed by atoms with van der Waals surface area (Å²) in [6, 6.07) is 14.5. The van der Waals surface area contributed by atoms with Crippen LogP contribution >= 0.6 is 21.6 Å². The molecule has 0 saturated heterocycles. The molecule has 3 N–H and O–H groups in total. The highest BCUT2D eigenvalue weighted by Gasteiger charge is 2.36. The lowest BCUT2D eigenvalue weighted by Crippen LogP contribution is -2.37. The van der Waals surface area contributed by atoms with E-state index in [1.54, 1.807) is 93.5 Å². The molecule has 0 aliphatic carbocycles. The van der Waals surface area contributed by atoms with Gasteiger partial charge in [-0.05, 0) is 69.2 Å². The number of carbonyl (C=O) groups is 4. The summed E-state index contributed by atoms with van der Waals surface area (Å²) < 4.78 is 14.9. The number of ether oxygens (including phenoxy) is 2. The Morgan fingerprint density at radius 2 is 1.65 bits per heavy atom. The SMILES string of the molecule is COc1cc2c(cc1OCCCCNC(=O)c1cc(NC(=O)c3cc(NC(=O)CCC(C)(C)SSC)cn3C)cn1C)N=C[C@@H]1Cc3ccccc3N1C2=O. The smallest absolute Gasteiger partial charge is 0.272 e. The van der Waals surface area contributed by atoms with Gasteiger partial charge in [0.25, 0.3) is 17.7 Å². The van der Waals surface area contributed by atoms with Crippen LogP contribution in [0.3, 0.4) is 0 Å². The minimum absolute atomic E-state index is 0.0219. The zero-order valence-corrected chi connectivity index (χ0v) is 33.6. The summed E-state index contributed by atoms with van der Waals surface area (Å²) >= 11 is 0. The second-order valence-corrected chi connectivity index (χ2v) is 17.3. The number of fused-ring (bicyclic) bond motifs is 4. The second-order valence-electron chi connectivity index (χ2n) is 14.1. The van der Waals surface area contributed by atoms with Crippen molar-refractivity contribution < 1.29 is 28.7 Å². The maximum Gasteiger partial charge on any atom is 0.272 e. The van der Waals surface area contributed by atoms with Gasteiger partial charge in [0, 0.05) is 68.6 Å². The molecule has 2 aromatic carbocycles. The number of carbonyl (C=O) groups excluding carboxylic acids is 4. The van der Waals surface area contributed by atoms with Crippen molar-refractivity contribution in [3.8, 4) is 11.5 Å². The van der Waals surface area contributed by atoms with Gasteiger partial charge in [-0.25, -0.2) is 0 Å². The van der Waals surface area contributed by atoms with E-state index in [1.165, 1.54) is 0 Å². The van der Waals surface area contributed by atoms with E-state index in [0.717, 1.165) is 17.7 Å². The highest BCUT2D eigenvalue weighted by Crippen LogP contribution is 2.41. The molecule has 0 radical (unpaired) electrons. The van der Waals surface area contributed by atoms with E-state index in [1.807, 2.05) is 36.7 Å². The third-order valence-corrected chi connectivity index (χ3v) is 12.2. The van der Waals surface area contributed by atoms with Crippen LogP contribution in [0.25, 0.3) is 0 Å². The molecule has 0 bridgehead atoms. The molecule has 4 amide bonds. The Kier molecular flexibility index (Phi) is 12.3. The number of anilines is 3. The first-order valence-corrected chi connectivity index (χ1v) is 20.7. The molecule has 0 fully saturated rings. The molecule has 4 aromatic rings. The van der Waals surface area contributed by atoms with Crippen molar-refractivity contribution in [1.82, 2.24) is 14.5 Å². The molecule has 15 heteroatoms. The molecule has 0 saturated carbocycles. The number of benzene rings is 2. The number of amides is 4. The molecule has 2 aromatic heterocycles. The van der Waals surface area contributed by atoms with Gasteiger partial charge in [0.1, 0.15) is 11.4 Å². The molecular formula is C40H47N7O6S2. The van der Waals surface area contributed by atoms with E-state index in [-0.39, 0.29) is 34.4 Å². The van der Waals surface area contributed by atoms with E-state index in [0.29, 0.717) is 84.3 Å². The number of hydrogen-bond acceptors (Lipinski definition) is 9. The molecule has 290 valence electrons. The highest BCUT2D eigenvalue weighted by molar-refractivity contribution is 8.76. The normalized spacial score (nSPS) is 14.5. The van der Waals surface area contributed by atoms with Crippen molar-refractivity contribution in [2.45, 2.75) is 56.7 Å². The van der Waals surface area contributed by atoms with Crippen LogP contribution in [-0.4, -0.2) is 76.3 Å². The van der Waals surface area contributed by atoms with Gasteiger partial charge in [0.2, 0.25) is 5.91 Å². The quantitative estimate of drug-likeness (QED) is 0.0812. The van der Waals surface area contributed by atoms with E-state index in [4.69, 9.17) is 9.47 Å². The third kappa shape index (κ3) is 9.22. The Balaban J connectivity index is 0.962. The van der Waals surface area contributed by atoms with Crippen LogP contribution in [0.4, 0.5) is 22.7 Å². The summed E-state index contributed by atoms with van der Waals surface area (Å²) in [5.74, 6) is 0.0688. The highest BCUT2D eigenvalue weighted by atomic mass is 33.1. The lowest BCUT2D eigenvalue weighted by Gasteiger charge is -2.22. The van der Waals surface area contributed by atoms with Crippen LogP contribution in [0, 0.1) is 0 Å². The van der Waals surface area contributed by atoms with Crippen LogP contribution < -0.4 is 30.3 Å². The molecule has 2 aliphatic rings. The zero-order valence-electron chi connectivity index (χ0n) is 31.9. The second kappa shape index (κ2) is 17.1. The summed E-state index contributed by atoms with van der Waals surface area (Å²) in [6.45, 7) is 5.01. The van der Waals surface area contributed by atoms with Gasteiger partial charge in [-0.1, -0.05) is 39.8 Å². The van der Waals surface area contributed by atoms with E-state index in [2.05, 4.69) is 34.8 Å². The summed E-state index contributed by atoms with van der Waals surface area (Å²) in [5, 5.41) is 8.68. The van der Waals surface area contributed by atoms with Crippen molar-refractivity contribution in [1.29, 1.82) is 0 Å². The average molecular weight is 786 g/mol. The average Bonchev–Trinajstić information content (AvgIpc) is 3.81. The Hall–Kier alpha value is -5.15. The first kappa shape index (κ1) is 39.5. The molecule has 0 unspecified atom stereocenters. The molecule has 4 heterocycles. The summed E-state index contributed by atoms with van der Waals surface area (Å²) in [7, 11) is 8.44. The van der Waals surface area contributed by atoms with Crippen molar-refractivity contribution in [2.75, 3.05) is 42.1 Å². The Morgan fingerprint density at radius 3 is 2.38 bits per heavy atom. The fourth-order valence-electron chi connectivity index (χ4n) is 6.71. The molecular weight excluding hydrogens is 739 g/mol. The Bertz CT molecular complexity index is 2120. The standard InChI is InChI=1S/C40H47N7O6S2/c1-40(2,55-54-6)14-13-36(48)43-26-18-33(46(4)23-26)38(50)44-27-19-32(45(3)24-27)37(49)41-15-9-10-16-53-35-21-30-29(20-34(35)52-5)39(51)47-28(22-42-30)17-25-11-7-8-12-31(25)47/h7-8,11-12,18-24,28H,9-10,13-17H2,1-6H3,(H,41,49)(H,43,48)(H,44,50)/t28-/m0/s1. The minimum Gasteiger partial charge on any atom is -0.493 e. The lowest BCUT2D eigenvalue weighted by atomic mass is 10.1. The van der Waals surface area contributed by atoms with Gasteiger partial charge in [-0.15, -0.1) is 0 Å². The van der Waals surface area contributed by atoms with Crippen molar-refractivity contribution in [3.05, 3.63) is 83.4 Å². The Labute approximate surface area is 329 Å². The zero-order chi connectivity index (χ0) is 39.3. The van der Waals surface area contributed by atoms with Crippen molar-refractivity contribution in [3.63, 3.8) is 0 Å². The van der Waals surface area contributed by atoms with Gasteiger partial charge in [-0.3, -0.25) is 29.1 Å². The number of aliphatic imine (C=N–C) groups is 1. The van der Waals surface area contributed by atoms with E-state index >= 15 is 0 Å². The number of methoxy groups -OCH3 is 1.